The second-order valence-electron chi connectivity index (χ2n) is 7.89. The quantitative estimate of drug-likeness (QED) is 0.330. The summed E-state index contributed by atoms with van der Waals surface area (Å²) in [4.78, 5) is 29.0. The number of hydrogen-bond acceptors (Lipinski definition) is 2. The van der Waals surface area contributed by atoms with Crippen molar-refractivity contribution in [2.24, 2.45) is 0 Å². The maximum atomic E-state index is 12.9. The van der Waals surface area contributed by atoms with Crippen LogP contribution in [0.5, 0.6) is 0 Å². The van der Waals surface area contributed by atoms with Crippen molar-refractivity contribution in [3.05, 3.63) is 71.5 Å². The van der Waals surface area contributed by atoms with Gasteiger partial charge in [0, 0.05) is 35.2 Å². The predicted molar refractivity (Wildman–Crippen MR) is 124 cm³/mol. The van der Waals surface area contributed by atoms with Crippen LogP contribution < -0.4 is 5.32 Å². The van der Waals surface area contributed by atoms with Crippen LogP contribution in [0, 0.1) is 0 Å². The zero-order valence-electron chi connectivity index (χ0n) is 16.7. The molecule has 2 aromatic heterocycles. The first-order valence-corrected chi connectivity index (χ1v) is 11.3. The van der Waals surface area contributed by atoms with Crippen LogP contribution in [-0.4, -0.2) is 26.7 Å². The number of benzene rings is 2. The third kappa shape index (κ3) is 3.24. The van der Waals surface area contributed by atoms with Gasteiger partial charge in [0.2, 0.25) is 11.8 Å². The standard InChI is InChI=1S/C23H19N3O2.CH2Cl2/c27-22-19(16-11-24-18-9-2-1-7-14(16)18)20(23(28)25-22)17-12-26-10-4-6-13-5-3-8-15(17)21(13)26;2-1-3/h1-3,5,7-9,11-12,19-20,24H,4,6,10H2,(H,25,27,28);1H2/t19-,20-;/m1./s1. The van der Waals surface area contributed by atoms with Crippen LogP contribution in [0.1, 0.15) is 34.9 Å². The normalized spacial score (nSPS) is 20.1. The highest BCUT2D eigenvalue weighted by atomic mass is 35.5. The van der Waals surface area contributed by atoms with Crippen molar-refractivity contribution in [3.63, 3.8) is 0 Å². The van der Waals surface area contributed by atoms with Crippen molar-refractivity contribution >= 4 is 56.8 Å². The highest BCUT2D eigenvalue weighted by Gasteiger charge is 2.45. The molecular formula is C24H21Cl2N3O2. The van der Waals surface area contributed by atoms with Crippen molar-refractivity contribution in [3.8, 4) is 0 Å². The molecule has 0 aliphatic carbocycles. The third-order valence-corrected chi connectivity index (χ3v) is 6.29. The SMILES string of the molecule is ClCCl.O=C1NC(=O)[C@H](c2cn3c4c(cccc24)CCC3)[C@H]1c1c[nH]c2ccccc12. The zero-order valence-corrected chi connectivity index (χ0v) is 18.2. The van der Waals surface area contributed by atoms with E-state index in [1.807, 2.05) is 30.5 Å². The highest BCUT2D eigenvalue weighted by Crippen LogP contribution is 2.44. The van der Waals surface area contributed by atoms with Crippen LogP contribution >= 0.6 is 23.2 Å². The van der Waals surface area contributed by atoms with Gasteiger partial charge in [-0.1, -0.05) is 36.4 Å². The lowest BCUT2D eigenvalue weighted by molar-refractivity contribution is -0.125. The lowest BCUT2D eigenvalue weighted by atomic mass is 9.83. The van der Waals surface area contributed by atoms with Gasteiger partial charge in [-0.25, -0.2) is 0 Å². The minimum absolute atomic E-state index is 0.194. The molecule has 158 valence electrons. The Labute approximate surface area is 189 Å². The van der Waals surface area contributed by atoms with Crippen LogP contribution in [-0.2, 0) is 22.6 Å². The number of amides is 2. The first-order chi connectivity index (χ1) is 15.1. The van der Waals surface area contributed by atoms with Crippen molar-refractivity contribution < 1.29 is 9.59 Å². The van der Waals surface area contributed by atoms with Gasteiger partial charge in [0.05, 0.1) is 22.7 Å². The molecular weight excluding hydrogens is 433 g/mol. The summed E-state index contributed by atoms with van der Waals surface area (Å²) < 4.78 is 2.26. The molecule has 5 nitrogen and oxygen atoms in total. The fourth-order valence-corrected chi connectivity index (χ4v) is 5.10. The highest BCUT2D eigenvalue weighted by molar-refractivity contribution is 6.40. The lowest BCUT2D eigenvalue weighted by Gasteiger charge is -2.15. The summed E-state index contributed by atoms with van der Waals surface area (Å²) >= 11 is 9.53. The van der Waals surface area contributed by atoms with E-state index in [4.69, 9.17) is 23.2 Å². The summed E-state index contributed by atoms with van der Waals surface area (Å²) in [5.41, 5.74) is 5.36. The smallest absolute Gasteiger partial charge is 0.235 e. The Bertz CT molecular complexity index is 1310. The number of nitrogens with one attached hydrogen (secondary N) is 2. The molecule has 2 N–H and O–H groups in total. The lowest BCUT2D eigenvalue weighted by Crippen LogP contribution is -2.21. The molecule has 7 heteroatoms. The summed E-state index contributed by atoms with van der Waals surface area (Å²) in [6.07, 6.45) is 6.13. The molecule has 4 heterocycles. The number of nitrogens with zero attached hydrogens (tertiary/aromatic N) is 1. The van der Waals surface area contributed by atoms with Gasteiger partial charge in [0.15, 0.2) is 0 Å². The van der Waals surface area contributed by atoms with Crippen molar-refractivity contribution in [1.29, 1.82) is 0 Å². The number of aryl methyl sites for hydroxylation is 2. The number of carbonyl (C=O) groups is 2. The third-order valence-electron chi connectivity index (χ3n) is 6.29. The summed E-state index contributed by atoms with van der Waals surface area (Å²) in [7, 11) is 0. The number of imide groups is 1. The minimum Gasteiger partial charge on any atom is -0.361 e. The Kier molecular flexibility index (Phi) is 5.24. The van der Waals surface area contributed by atoms with E-state index in [1.165, 1.54) is 11.1 Å². The molecule has 2 aliphatic rings. The maximum Gasteiger partial charge on any atom is 0.235 e. The summed E-state index contributed by atoms with van der Waals surface area (Å²) in [5, 5.41) is 4.87. The number of H-pyrrole nitrogens is 1. The van der Waals surface area contributed by atoms with Crippen molar-refractivity contribution in [2.75, 3.05) is 5.34 Å². The van der Waals surface area contributed by atoms with E-state index in [2.05, 4.69) is 39.3 Å². The molecule has 6 rings (SSSR count). The number of hydrogen-bond donors (Lipinski definition) is 2. The summed E-state index contributed by atoms with van der Waals surface area (Å²) in [5.74, 6) is -1.45. The van der Waals surface area contributed by atoms with E-state index in [-0.39, 0.29) is 17.2 Å². The number of fused-ring (bicyclic) bond motifs is 1. The summed E-state index contributed by atoms with van der Waals surface area (Å²) in [6.45, 7) is 0.952. The van der Waals surface area contributed by atoms with E-state index in [0.29, 0.717) is 0 Å². The van der Waals surface area contributed by atoms with Gasteiger partial charge in [-0.3, -0.25) is 14.9 Å². The Hall–Kier alpha value is -2.76. The van der Waals surface area contributed by atoms with Crippen LogP contribution in [0.2, 0.25) is 0 Å². The number of rotatable bonds is 2. The molecule has 2 aliphatic heterocycles. The van der Waals surface area contributed by atoms with E-state index < -0.39 is 11.8 Å². The molecule has 2 aromatic carbocycles. The molecule has 2 amide bonds. The first kappa shape index (κ1) is 20.2. The molecule has 0 spiro atoms. The van der Waals surface area contributed by atoms with Crippen LogP contribution in [0.25, 0.3) is 21.8 Å². The van der Waals surface area contributed by atoms with Gasteiger partial charge in [0.1, 0.15) is 0 Å². The number of alkyl halides is 2. The molecule has 0 unspecified atom stereocenters. The second kappa shape index (κ2) is 8.06. The molecule has 1 fully saturated rings. The number of halogens is 2. The largest absolute Gasteiger partial charge is 0.361 e. The Morgan fingerprint density at radius 3 is 2.45 bits per heavy atom. The van der Waals surface area contributed by atoms with Gasteiger partial charge >= 0.3 is 0 Å². The van der Waals surface area contributed by atoms with Crippen molar-refractivity contribution in [2.45, 2.75) is 31.2 Å². The zero-order chi connectivity index (χ0) is 21.5. The van der Waals surface area contributed by atoms with Gasteiger partial charge in [-0.15, -0.1) is 23.2 Å². The van der Waals surface area contributed by atoms with Crippen LogP contribution in [0.3, 0.4) is 0 Å². The van der Waals surface area contributed by atoms with E-state index in [9.17, 15) is 9.59 Å². The van der Waals surface area contributed by atoms with Gasteiger partial charge < -0.3 is 9.55 Å². The van der Waals surface area contributed by atoms with Crippen LogP contribution in [0.15, 0.2) is 54.9 Å². The average molecular weight is 454 g/mol. The molecule has 0 saturated carbocycles. The number of para-hydroxylation sites is 2. The van der Waals surface area contributed by atoms with Gasteiger partial charge in [0.25, 0.3) is 0 Å². The Morgan fingerprint density at radius 2 is 1.65 bits per heavy atom. The first-order valence-electron chi connectivity index (χ1n) is 10.3. The number of aromatic amines is 1. The van der Waals surface area contributed by atoms with E-state index in [1.54, 1.807) is 0 Å². The fraction of sp³-hybridized carbons (Fsp3) is 0.250. The van der Waals surface area contributed by atoms with Gasteiger partial charge in [-0.05, 0) is 35.6 Å². The predicted octanol–water partition coefficient (Wildman–Crippen LogP) is 5.01. The molecule has 4 aromatic rings. The topological polar surface area (TPSA) is 66.9 Å². The van der Waals surface area contributed by atoms with Gasteiger partial charge in [-0.2, -0.15) is 0 Å². The Morgan fingerprint density at radius 1 is 0.935 bits per heavy atom. The molecule has 31 heavy (non-hydrogen) atoms. The monoisotopic (exact) mass is 453 g/mol. The Balaban J connectivity index is 0.000000646. The molecule has 0 bridgehead atoms. The average Bonchev–Trinajstić information content (AvgIpc) is 3.43. The van der Waals surface area contributed by atoms with E-state index in [0.717, 1.165) is 46.8 Å². The molecule has 0 radical (unpaired) electrons. The maximum absolute atomic E-state index is 12.9. The summed E-state index contributed by atoms with van der Waals surface area (Å²) in [6, 6.07) is 14.2. The number of carbonyl (C=O) groups excluding carboxylic acids is 2. The fourth-order valence-electron chi connectivity index (χ4n) is 5.10. The minimum atomic E-state index is -0.521. The van der Waals surface area contributed by atoms with Crippen LogP contribution in [0.4, 0.5) is 0 Å². The van der Waals surface area contributed by atoms with E-state index >= 15 is 0 Å². The molecule has 1 saturated heterocycles. The second-order valence-corrected chi connectivity index (χ2v) is 8.70. The molecule has 2 atom stereocenters. The number of aromatic nitrogens is 2. The van der Waals surface area contributed by atoms with Crippen molar-refractivity contribution in [1.82, 2.24) is 14.9 Å².